The van der Waals surface area contributed by atoms with Crippen LogP contribution in [0.1, 0.15) is 29.6 Å². The molecule has 0 aromatic heterocycles. The normalized spacial score (nSPS) is 10.0. The lowest BCUT2D eigenvalue weighted by molar-refractivity contribution is -0.385. The molecule has 0 aliphatic carbocycles. The Kier molecular flexibility index (Phi) is 5.45. The second kappa shape index (κ2) is 7.07. The van der Waals surface area contributed by atoms with Gasteiger partial charge in [0.1, 0.15) is 5.56 Å². The fraction of sp³-hybridized carbons (Fsp3) is 0.333. The van der Waals surface area contributed by atoms with Crippen LogP contribution in [0.15, 0.2) is 18.2 Å². The lowest BCUT2D eigenvalue weighted by Gasteiger charge is -2.06. The van der Waals surface area contributed by atoms with Crippen molar-refractivity contribution in [2.45, 2.75) is 19.3 Å². The SMILES string of the molecule is NC(=O)CCCCNC(=O)c1cc(N)ccc1[N+](=O)[O-]. The number of carbonyl (C=O) groups is 2. The van der Waals surface area contributed by atoms with E-state index in [4.69, 9.17) is 11.5 Å². The first-order chi connectivity index (χ1) is 9.41. The molecule has 0 radical (unpaired) electrons. The second-order valence-corrected chi connectivity index (χ2v) is 4.21. The summed E-state index contributed by atoms with van der Waals surface area (Å²) >= 11 is 0. The van der Waals surface area contributed by atoms with Crippen LogP contribution >= 0.6 is 0 Å². The molecule has 20 heavy (non-hydrogen) atoms. The topological polar surface area (TPSA) is 141 Å². The molecule has 108 valence electrons. The molecule has 0 unspecified atom stereocenters. The maximum atomic E-state index is 11.9. The zero-order valence-corrected chi connectivity index (χ0v) is 10.8. The van der Waals surface area contributed by atoms with Crippen molar-refractivity contribution in [1.82, 2.24) is 5.32 Å². The molecule has 0 heterocycles. The molecular formula is C12H16N4O4. The maximum Gasteiger partial charge on any atom is 0.282 e. The molecule has 0 spiro atoms. The Bertz CT molecular complexity index is 530. The smallest absolute Gasteiger partial charge is 0.282 e. The largest absolute Gasteiger partial charge is 0.399 e. The summed E-state index contributed by atoms with van der Waals surface area (Å²) in [6.07, 6.45) is 1.35. The molecule has 0 saturated heterocycles. The Balaban J connectivity index is 2.61. The van der Waals surface area contributed by atoms with Crippen LogP contribution in [-0.2, 0) is 4.79 Å². The first-order valence-corrected chi connectivity index (χ1v) is 6.02. The van der Waals surface area contributed by atoms with Gasteiger partial charge in [-0.2, -0.15) is 0 Å². The molecule has 5 N–H and O–H groups in total. The van der Waals surface area contributed by atoms with E-state index in [1.54, 1.807) is 0 Å². The number of anilines is 1. The van der Waals surface area contributed by atoms with Crippen LogP contribution in [0.4, 0.5) is 11.4 Å². The Morgan fingerprint density at radius 3 is 2.60 bits per heavy atom. The number of hydrogen-bond donors (Lipinski definition) is 3. The van der Waals surface area contributed by atoms with Crippen LogP contribution in [0.2, 0.25) is 0 Å². The fourth-order valence-corrected chi connectivity index (χ4v) is 1.62. The molecule has 8 nitrogen and oxygen atoms in total. The van der Waals surface area contributed by atoms with Crippen LogP contribution in [0, 0.1) is 10.1 Å². The van der Waals surface area contributed by atoms with Crippen molar-refractivity contribution in [3.63, 3.8) is 0 Å². The van der Waals surface area contributed by atoms with E-state index in [-0.39, 0.29) is 23.4 Å². The highest BCUT2D eigenvalue weighted by Crippen LogP contribution is 2.20. The molecule has 0 atom stereocenters. The van der Waals surface area contributed by atoms with Gasteiger partial charge in [-0.1, -0.05) is 0 Å². The number of amides is 2. The van der Waals surface area contributed by atoms with Crippen molar-refractivity contribution < 1.29 is 14.5 Å². The number of benzene rings is 1. The van der Waals surface area contributed by atoms with Gasteiger partial charge in [-0.15, -0.1) is 0 Å². The zero-order valence-electron chi connectivity index (χ0n) is 10.8. The number of nitrogens with zero attached hydrogens (tertiary/aromatic N) is 1. The number of unbranched alkanes of at least 4 members (excludes halogenated alkanes) is 1. The average molecular weight is 280 g/mol. The van der Waals surface area contributed by atoms with Gasteiger partial charge in [0.2, 0.25) is 5.91 Å². The first kappa shape index (κ1) is 15.4. The van der Waals surface area contributed by atoms with Crippen molar-refractivity contribution >= 4 is 23.2 Å². The van der Waals surface area contributed by atoms with Crippen molar-refractivity contribution in [3.05, 3.63) is 33.9 Å². The molecule has 0 bridgehead atoms. The molecule has 0 saturated carbocycles. The summed E-state index contributed by atoms with van der Waals surface area (Å²) in [6.45, 7) is 0.304. The predicted octanol–water partition coefficient (Wildman–Crippen LogP) is 0.562. The van der Waals surface area contributed by atoms with Gasteiger partial charge in [0.05, 0.1) is 4.92 Å². The van der Waals surface area contributed by atoms with Gasteiger partial charge in [-0.3, -0.25) is 19.7 Å². The number of nitrogen functional groups attached to an aromatic ring is 1. The number of nitrogens with two attached hydrogens (primary N) is 2. The van der Waals surface area contributed by atoms with Gasteiger partial charge >= 0.3 is 0 Å². The summed E-state index contributed by atoms with van der Waals surface area (Å²) in [5.41, 5.74) is 10.4. The van der Waals surface area contributed by atoms with E-state index in [0.29, 0.717) is 19.4 Å². The van der Waals surface area contributed by atoms with E-state index in [9.17, 15) is 19.7 Å². The number of hydrogen-bond acceptors (Lipinski definition) is 5. The highest BCUT2D eigenvalue weighted by molar-refractivity contribution is 5.99. The Hall–Kier alpha value is -2.64. The van der Waals surface area contributed by atoms with E-state index >= 15 is 0 Å². The van der Waals surface area contributed by atoms with E-state index in [1.165, 1.54) is 18.2 Å². The molecule has 1 aromatic carbocycles. The Morgan fingerprint density at radius 2 is 2.00 bits per heavy atom. The summed E-state index contributed by atoms with van der Waals surface area (Å²) in [5, 5.41) is 13.4. The molecule has 0 fully saturated rings. The third-order valence-corrected chi connectivity index (χ3v) is 2.60. The van der Waals surface area contributed by atoms with Crippen molar-refractivity contribution in [3.8, 4) is 0 Å². The lowest BCUT2D eigenvalue weighted by atomic mass is 10.1. The standard InChI is InChI=1S/C12H16N4O4/c13-8-4-5-10(16(19)20)9(7-8)12(18)15-6-2-1-3-11(14)17/h4-5,7H,1-3,6,13H2,(H2,14,17)(H,15,18). The maximum absolute atomic E-state index is 11.9. The molecule has 0 aliphatic heterocycles. The highest BCUT2D eigenvalue weighted by Gasteiger charge is 2.19. The number of rotatable bonds is 7. The quantitative estimate of drug-likeness (QED) is 0.289. The molecule has 1 aromatic rings. The van der Waals surface area contributed by atoms with Crippen LogP contribution in [0.3, 0.4) is 0 Å². The number of nitrogens with one attached hydrogen (secondary N) is 1. The average Bonchev–Trinajstić information content (AvgIpc) is 2.37. The lowest BCUT2D eigenvalue weighted by Crippen LogP contribution is -2.25. The molecule has 1 rings (SSSR count). The van der Waals surface area contributed by atoms with Crippen molar-refractivity contribution in [2.75, 3.05) is 12.3 Å². The Labute approximate surface area is 115 Å². The minimum atomic E-state index is -0.637. The summed E-state index contributed by atoms with van der Waals surface area (Å²) in [6, 6.07) is 3.82. The van der Waals surface area contributed by atoms with E-state index in [1.807, 2.05) is 0 Å². The molecule has 0 aliphatic rings. The van der Waals surface area contributed by atoms with Gasteiger partial charge in [0, 0.05) is 24.7 Å². The first-order valence-electron chi connectivity index (χ1n) is 6.02. The summed E-state index contributed by atoms with van der Waals surface area (Å²) in [4.78, 5) is 32.6. The third-order valence-electron chi connectivity index (χ3n) is 2.60. The van der Waals surface area contributed by atoms with Crippen LogP contribution < -0.4 is 16.8 Å². The van der Waals surface area contributed by atoms with Gasteiger partial charge in [-0.25, -0.2) is 0 Å². The van der Waals surface area contributed by atoms with Gasteiger partial charge in [0.25, 0.3) is 11.6 Å². The molecule has 8 heteroatoms. The Morgan fingerprint density at radius 1 is 1.30 bits per heavy atom. The van der Waals surface area contributed by atoms with Crippen LogP contribution in [-0.4, -0.2) is 23.3 Å². The number of carbonyl (C=O) groups excluding carboxylic acids is 2. The highest BCUT2D eigenvalue weighted by atomic mass is 16.6. The monoisotopic (exact) mass is 280 g/mol. The number of nitro groups is 1. The summed E-state index contributed by atoms with van der Waals surface area (Å²) in [7, 11) is 0. The fourth-order valence-electron chi connectivity index (χ4n) is 1.62. The zero-order chi connectivity index (χ0) is 15.1. The minimum Gasteiger partial charge on any atom is -0.399 e. The van der Waals surface area contributed by atoms with E-state index < -0.39 is 16.7 Å². The summed E-state index contributed by atoms with van der Waals surface area (Å²) in [5.74, 6) is -0.967. The van der Waals surface area contributed by atoms with Crippen molar-refractivity contribution in [1.29, 1.82) is 0 Å². The minimum absolute atomic E-state index is 0.0788. The summed E-state index contributed by atoms with van der Waals surface area (Å²) < 4.78 is 0. The second-order valence-electron chi connectivity index (χ2n) is 4.21. The van der Waals surface area contributed by atoms with Crippen LogP contribution in [0.25, 0.3) is 0 Å². The number of nitro benzene ring substituents is 1. The predicted molar refractivity (Wildman–Crippen MR) is 72.9 cm³/mol. The number of primary amides is 1. The molecule has 2 amide bonds. The van der Waals surface area contributed by atoms with Gasteiger partial charge in [0.15, 0.2) is 0 Å². The van der Waals surface area contributed by atoms with Gasteiger partial charge < -0.3 is 16.8 Å². The third kappa shape index (κ3) is 4.56. The van der Waals surface area contributed by atoms with Crippen LogP contribution in [0.5, 0.6) is 0 Å². The van der Waals surface area contributed by atoms with E-state index in [2.05, 4.69) is 5.32 Å². The van der Waals surface area contributed by atoms with Crippen molar-refractivity contribution in [2.24, 2.45) is 5.73 Å². The molecular weight excluding hydrogens is 264 g/mol. The van der Waals surface area contributed by atoms with Gasteiger partial charge in [-0.05, 0) is 25.0 Å². The van der Waals surface area contributed by atoms with E-state index in [0.717, 1.165) is 0 Å².